The maximum absolute atomic E-state index is 11.4. The van der Waals surface area contributed by atoms with E-state index in [2.05, 4.69) is 10.6 Å². The van der Waals surface area contributed by atoms with E-state index in [1.54, 1.807) is 20.8 Å². The molecule has 0 unspecified atom stereocenters. The average molecular weight is 230 g/mol. The predicted octanol–water partition coefficient (Wildman–Crippen LogP) is -0.240. The fourth-order valence-corrected chi connectivity index (χ4v) is 1.45. The first-order valence-electron chi connectivity index (χ1n) is 5.22. The van der Waals surface area contributed by atoms with Crippen LogP contribution in [0.25, 0.3) is 0 Å². The molecule has 1 fully saturated rings. The van der Waals surface area contributed by atoms with Crippen LogP contribution < -0.4 is 10.6 Å². The number of nitrogens with one attached hydrogen (secondary N) is 2. The zero-order valence-electron chi connectivity index (χ0n) is 9.74. The lowest BCUT2D eigenvalue weighted by molar-refractivity contribution is -0.121. The van der Waals surface area contributed by atoms with Crippen molar-refractivity contribution < 1.29 is 19.4 Å². The molecule has 6 nitrogen and oxygen atoms in total. The van der Waals surface area contributed by atoms with Crippen molar-refractivity contribution in [1.82, 2.24) is 10.6 Å². The van der Waals surface area contributed by atoms with E-state index in [0.717, 1.165) is 0 Å². The van der Waals surface area contributed by atoms with E-state index in [9.17, 15) is 9.59 Å². The van der Waals surface area contributed by atoms with Gasteiger partial charge in [0.05, 0.1) is 12.6 Å². The monoisotopic (exact) mass is 230 g/mol. The van der Waals surface area contributed by atoms with E-state index in [1.165, 1.54) is 0 Å². The molecule has 0 bridgehead atoms. The van der Waals surface area contributed by atoms with Gasteiger partial charge in [0, 0.05) is 0 Å². The van der Waals surface area contributed by atoms with Gasteiger partial charge in [0.1, 0.15) is 11.6 Å². The summed E-state index contributed by atoms with van der Waals surface area (Å²) in [5, 5.41) is 13.9. The lowest BCUT2D eigenvalue weighted by Crippen LogP contribution is -2.42. The summed E-state index contributed by atoms with van der Waals surface area (Å²) >= 11 is 0. The molecular formula is C10H18N2O4. The van der Waals surface area contributed by atoms with Gasteiger partial charge >= 0.3 is 6.09 Å². The molecule has 0 spiro atoms. The minimum atomic E-state index is -0.619. The fourth-order valence-electron chi connectivity index (χ4n) is 1.45. The van der Waals surface area contributed by atoms with E-state index in [1.807, 2.05) is 0 Å². The quantitative estimate of drug-likeness (QED) is 0.611. The molecule has 1 aliphatic rings. The molecule has 2 amide bonds. The molecule has 0 radical (unpaired) electrons. The minimum absolute atomic E-state index is 0.127. The summed E-state index contributed by atoms with van der Waals surface area (Å²) < 4.78 is 5.02. The van der Waals surface area contributed by atoms with Gasteiger partial charge in [-0.2, -0.15) is 0 Å². The standard InChI is InChI=1S/C10H18N2O4/c1-10(2,3)16-9(15)12-7-4-6(5-13)11-8(7)14/h6-7,13H,4-5H2,1-3H3,(H,11,14)(H,12,15)/t6-,7+/m0/s1. The molecular weight excluding hydrogens is 212 g/mol. The zero-order valence-corrected chi connectivity index (χ0v) is 9.74. The van der Waals surface area contributed by atoms with E-state index >= 15 is 0 Å². The van der Waals surface area contributed by atoms with Gasteiger partial charge in [-0.05, 0) is 27.2 Å². The molecule has 16 heavy (non-hydrogen) atoms. The van der Waals surface area contributed by atoms with Crippen LogP contribution in [0.5, 0.6) is 0 Å². The predicted molar refractivity (Wildman–Crippen MR) is 56.8 cm³/mol. The topological polar surface area (TPSA) is 87.7 Å². The summed E-state index contributed by atoms with van der Waals surface area (Å²) in [6.45, 7) is 5.12. The number of aliphatic hydroxyl groups is 1. The number of alkyl carbamates (subject to hydrolysis) is 1. The molecule has 6 heteroatoms. The van der Waals surface area contributed by atoms with Crippen LogP contribution in [0.2, 0.25) is 0 Å². The summed E-state index contributed by atoms with van der Waals surface area (Å²) in [6, 6.07) is -0.903. The second-order valence-corrected chi connectivity index (χ2v) is 4.82. The van der Waals surface area contributed by atoms with Crippen LogP contribution in [-0.4, -0.2) is 41.4 Å². The van der Waals surface area contributed by atoms with E-state index in [4.69, 9.17) is 9.84 Å². The van der Waals surface area contributed by atoms with Gasteiger partial charge in [-0.3, -0.25) is 4.79 Å². The fraction of sp³-hybridized carbons (Fsp3) is 0.800. The third kappa shape index (κ3) is 3.69. The molecule has 1 saturated heterocycles. The Morgan fingerprint density at radius 1 is 1.62 bits per heavy atom. The number of hydrogen-bond acceptors (Lipinski definition) is 4. The average Bonchev–Trinajstić information content (AvgIpc) is 2.44. The Morgan fingerprint density at radius 2 is 2.25 bits per heavy atom. The molecule has 0 aliphatic carbocycles. The minimum Gasteiger partial charge on any atom is -0.444 e. The zero-order chi connectivity index (χ0) is 12.3. The Hall–Kier alpha value is -1.30. The molecule has 0 aromatic heterocycles. The Labute approximate surface area is 94.3 Å². The molecule has 1 aliphatic heterocycles. The third-order valence-corrected chi connectivity index (χ3v) is 2.09. The number of carbonyl (C=O) groups excluding carboxylic acids is 2. The van der Waals surface area contributed by atoms with Gasteiger partial charge in [0.15, 0.2) is 0 Å². The van der Waals surface area contributed by atoms with Crippen LogP contribution in [0.3, 0.4) is 0 Å². The lowest BCUT2D eigenvalue weighted by atomic mass is 10.2. The van der Waals surface area contributed by atoms with Gasteiger partial charge in [-0.25, -0.2) is 4.79 Å². The smallest absolute Gasteiger partial charge is 0.408 e. The summed E-state index contributed by atoms with van der Waals surface area (Å²) in [6.07, 6.45) is -0.236. The maximum atomic E-state index is 11.4. The van der Waals surface area contributed by atoms with Crippen molar-refractivity contribution in [3.63, 3.8) is 0 Å². The first-order chi connectivity index (χ1) is 7.31. The number of aliphatic hydroxyl groups excluding tert-OH is 1. The van der Waals surface area contributed by atoms with Gasteiger partial charge in [-0.15, -0.1) is 0 Å². The Bertz CT molecular complexity index is 285. The summed E-state index contributed by atoms with van der Waals surface area (Å²) in [7, 11) is 0. The van der Waals surface area contributed by atoms with Gasteiger partial charge < -0.3 is 20.5 Å². The third-order valence-electron chi connectivity index (χ3n) is 2.09. The van der Waals surface area contributed by atoms with Crippen molar-refractivity contribution in [2.45, 2.75) is 44.9 Å². The van der Waals surface area contributed by atoms with Crippen molar-refractivity contribution in [3.05, 3.63) is 0 Å². The summed E-state index contributed by atoms with van der Waals surface area (Å²) in [4.78, 5) is 22.7. The second-order valence-electron chi connectivity index (χ2n) is 4.82. The molecule has 0 saturated carbocycles. The van der Waals surface area contributed by atoms with E-state index < -0.39 is 17.7 Å². The number of rotatable bonds is 2. The van der Waals surface area contributed by atoms with Crippen LogP contribution in [0.4, 0.5) is 4.79 Å². The van der Waals surface area contributed by atoms with Crippen LogP contribution in [0.15, 0.2) is 0 Å². The van der Waals surface area contributed by atoms with E-state index in [-0.39, 0.29) is 18.6 Å². The number of carbonyl (C=O) groups is 2. The SMILES string of the molecule is CC(C)(C)OC(=O)N[C@@H]1C[C@@H](CO)NC1=O. The Morgan fingerprint density at radius 3 is 2.69 bits per heavy atom. The first-order valence-corrected chi connectivity index (χ1v) is 5.22. The highest BCUT2D eigenvalue weighted by Crippen LogP contribution is 2.10. The van der Waals surface area contributed by atoms with Crippen molar-refractivity contribution in [3.8, 4) is 0 Å². The molecule has 1 rings (SSSR count). The molecule has 3 N–H and O–H groups in total. The maximum Gasteiger partial charge on any atom is 0.408 e. The number of hydrogen-bond donors (Lipinski definition) is 3. The normalized spacial score (nSPS) is 25.1. The highest BCUT2D eigenvalue weighted by molar-refractivity contribution is 5.87. The van der Waals surface area contributed by atoms with Crippen molar-refractivity contribution in [2.24, 2.45) is 0 Å². The molecule has 1 heterocycles. The Balaban J connectivity index is 2.43. The van der Waals surface area contributed by atoms with Crippen LogP contribution in [0.1, 0.15) is 27.2 Å². The van der Waals surface area contributed by atoms with Crippen molar-refractivity contribution in [2.75, 3.05) is 6.61 Å². The van der Waals surface area contributed by atoms with Crippen LogP contribution >= 0.6 is 0 Å². The van der Waals surface area contributed by atoms with Gasteiger partial charge in [-0.1, -0.05) is 0 Å². The van der Waals surface area contributed by atoms with Crippen LogP contribution in [-0.2, 0) is 9.53 Å². The van der Waals surface area contributed by atoms with E-state index in [0.29, 0.717) is 6.42 Å². The highest BCUT2D eigenvalue weighted by atomic mass is 16.6. The van der Waals surface area contributed by atoms with Crippen LogP contribution in [0, 0.1) is 0 Å². The van der Waals surface area contributed by atoms with Crippen molar-refractivity contribution >= 4 is 12.0 Å². The number of amides is 2. The second kappa shape index (κ2) is 4.69. The molecule has 0 aromatic rings. The van der Waals surface area contributed by atoms with Gasteiger partial charge in [0.25, 0.3) is 0 Å². The summed E-state index contributed by atoms with van der Waals surface area (Å²) in [5.41, 5.74) is -0.588. The molecule has 92 valence electrons. The molecule has 0 aromatic carbocycles. The number of ether oxygens (including phenoxy) is 1. The first kappa shape index (κ1) is 12.8. The van der Waals surface area contributed by atoms with Gasteiger partial charge in [0.2, 0.25) is 5.91 Å². The Kier molecular flexibility index (Phi) is 3.74. The largest absolute Gasteiger partial charge is 0.444 e. The summed E-state index contributed by atoms with van der Waals surface area (Å²) in [5.74, 6) is -0.287. The van der Waals surface area contributed by atoms with Crippen molar-refractivity contribution in [1.29, 1.82) is 0 Å². The molecule has 2 atom stereocenters. The lowest BCUT2D eigenvalue weighted by Gasteiger charge is -2.20. The highest BCUT2D eigenvalue weighted by Gasteiger charge is 2.33.